The van der Waals surface area contributed by atoms with E-state index < -0.39 is 0 Å². The molecule has 0 spiro atoms. The quantitative estimate of drug-likeness (QED) is 0.479. The molecule has 2 aliphatic rings. The van der Waals surface area contributed by atoms with Crippen molar-refractivity contribution in [2.24, 2.45) is 5.92 Å². The lowest BCUT2D eigenvalue weighted by Crippen LogP contribution is -2.45. The molecule has 0 bridgehead atoms. The summed E-state index contributed by atoms with van der Waals surface area (Å²) in [6, 6.07) is 0.869. The first-order valence-corrected chi connectivity index (χ1v) is 4.77. The molecule has 2 atom stereocenters. The van der Waals surface area contributed by atoms with E-state index in [9.17, 15) is 0 Å². The smallest absolute Gasteiger partial charge is 0.0166 e. The molecule has 2 rings (SSSR count). The fraction of sp³-hybridized carbons (Fsp3) is 0.800. The summed E-state index contributed by atoms with van der Waals surface area (Å²) in [6.07, 6.45) is 8.80. The van der Waals surface area contributed by atoms with Gasteiger partial charge in [0.25, 0.3) is 0 Å². The van der Waals surface area contributed by atoms with Crippen LogP contribution in [0, 0.1) is 5.92 Å². The number of piperidine rings is 1. The van der Waals surface area contributed by atoms with Crippen molar-refractivity contribution in [1.82, 2.24) is 4.90 Å². The van der Waals surface area contributed by atoms with Crippen LogP contribution in [0.1, 0.15) is 26.2 Å². The zero-order valence-corrected chi connectivity index (χ0v) is 7.29. The van der Waals surface area contributed by atoms with Crippen LogP contribution in [0.25, 0.3) is 0 Å². The van der Waals surface area contributed by atoms with Gasteiger partial charge in [0, 0.05) is 12.6 Å². The van der Waals surface area contributed by atoms with Gasteiger partial charge in [0.2, 0.25) is 0 Å². The molecule has 0 aliphatic carbocycles. The van der Waals surface area contributed by atoms with Crippen molar-refractivity contribution in [3.05, 3.63) is 12.2 Å². The van der Waals surface area contributed by atoms with Crippen molar-refractivity contribution in [2.45, 2.75) is 32.2 Å². The molecule has 0 radical (unpaired) electrons. The predicted molar refractivity (Wildman–Crippen MR) is 47.5 cm³/mol. The standard InChI is InChI=1S/C10H17N/c1-9-5-4-8-11-7-3-2-6-10(9)11/h2-3,9-10H,4-8H2,1H3/t9-,10?/m0/s1. The molecule has 0 amide bonds. The van der Waals surface area contributed by atoms with E-state index in [1.165, 1.54) is 32.4 Å². The van der Waals surface area contributed by atoms with Crippen LogP contribution in [0.4, 0.5) is 0 Å². The van der Waals surface area contributed by atoms with Crippen LogP contribution in [-0.2, 0) is 0 Å². The van der Waals surface area contributed by atoms with E-state index in [1.54, 1.807) is 0 Å². The van der Waals surface area contributed by atoms with E-state index in [0.29, 0.717) is 0 Å². The maximum absolute atomic E-state index is 2.63. The summed E-state index contributed by atoms with van der Waals surface area (Å²) in [6.45, 7) is 4.93. The minimum Gasteiger partial charge on any atom is -0.296 e. The first kappa shape index (κ1) is 7.35. The van der Waals surface area contributed by atoms with Gasteiger partial charge in [-0.15, -0.1) is 0 Å². The number of hydrogen-bond donors (Lipinski definition) is 0. The van der Waals surface area contributed by atoms with Gasteiger partial charge in [0.15, 0.2) is 0 Å². The molecule has 0 N–H and O–H groups in total. The molecule has 11 heavy (non-hydrogen) atoms. The molecule has 62 valence electrons. The molecule has 0 aromatic heterocycles. The monoisotopic (exact) mass is 151 g/mol. The van der Waals surface area contributed by atoms with Crippen LogP contribution in [0.5, 0.6) is 0 Å². The normalized spacial score (nSPS) is 38.6. The molecule has 0 saturated carbocycles. The Hall–Kier alpha value is -0.300. The highest BCUT2D eigenvalue weighted by Gasteiger charge is 2.27. The molecule has 1 nitrogen and oxygen atoms in total. The Kier molecular flexibility index (Phi) is 1.99. The van der Waals surface area contributed by atoms with Crippen LogP contribution >= 0.6 is 0 Å². The highest BCUT2D eigenvalue weighted by Crippen LogP contribution is 2.27. The third-order valence-corrected chi connectivity index (χ3v) is 3.11. The second kappa shape index (κ2) is 2.98. The lowest BCUT2D eigenvalue weighted by atomic mass is 9.87. The molecule has 0 aromatic carbocycles. The minimum atomic E-state index is 0.869. The Morgan fingerprint density at radius 3 is 3.09 bits per heavy atom. The van der Waals surface area contributed by atoms with E-state index in [4.69, 9.17) is 0 Å². The van der Waals surface area contributed by atoms with Gasteiger partial charge in [-0.1, -0.05) is 19.1 Å². The summed E-state index contributed by atoms with van der Waals surface area (Å²) in [7, 11) is 0. The fourth-order valence-electron chi connectivity index (χ4n) is 2.39. The summed E-state index contributed by atoms with van der Waals surface area (Å²) in [4.78, 5) is 2.63. The highest BCUT2D eigenvalue weighted by atomic mass is 15.2. The van der Waals surface area contributed by atoms with E-state index in [1.807, 2.05) is 0 Å². The van der Waals surface area contributed by atoms with Crippen LogP contribution in [0.2, 0.25) is 0 Å². The van der Waals surface area contributed by atoms with Crippen molar-refractivity contribution >= 4 is 0 Å². The third kappa shape index (κ3) is 1.34. The number of fused-ring (bicyclic) bond motifs is 1. The molecule has 1 fully saturated rings. The molecular weight excluding hydrogens is 134 g/mol. The minimum absolute atomic E-state index is 0.869. The Bertz CT molecular complexity index is 162. The summed E-state index contributed by atoms with van der Waals surface area (Å²) < 4.78 is 0. The molecule has 1 unspecified atom stereocenters. The van der Waals surface area contributed by atoms with Crippen molar-refractivity contribution in [2.75, 3.05) is 13.1 Å². The van der Waals surface area contributed by atoms with Crippen molar-refractivity contribution in [3.8, 4) is 0 Å². The third-order valence-electron chi connectivity index (χ3n) is 3.11. The SMILES string of the molecule is C[C@H]1CCCN2CC=CCC12. The molecule has 0 aromatic rings. The van der Waals surface area contributed by atoms with Crippen molar-refractivity contribution < 1.29 is 0 Å². The number of rotatable bonds is 0. The van der Waals surface area contributed by atoms with Gasteiger partial charge in [-0.05, 0) is 31.7 Å². The highest BCUT2D eigenvalue weighted by molar-refractivity contribution is 4.99. The van der Waals surface area contributed by atoms with E-state index in [-0.39, 0.29) is 0 Å². The van der Waals surface area contributed by atoms with E-state index in [0.717, 1.165) is 12.0 Å². The van der Waals surface area contributed by atoms with E-state index in [2.05, 4.69) is 24.0 Å². The summed E-state index contributed by atoms with van der Waals surface area (Å²) in [5, 5.41) is 0. The first-order valence-electron chi connectivity index (χ1n) is 4.77. The van der Waals surface area contributed by atoms with Gasteiger partial charge in [-0.3, -0.25) is 4.90 Å². The van der Waals surface area contributed by atoms with Gasteiger partial charge in [0.05, 0.1) is 0 Å². The van der Waals surface area contributed by atoms with Crippen molar-refractivity contribution in [1.29, 1.82) is 0 Å². The van der Waals surface area contributed by atoms with Gasteiger partial charge in [-0.2, -0.15) is 0 Å². The zero-order valence-electron chi connectivity index (χ0n) is 7.29. The molecule has 2 aliphatic heterocycles. The summed E-state index contributed by atoms with van der Waals surface area (Å²) in [5.74, 6) is 0.925. The van der Waals surface area contributed by atoms with Crippen LogP contribution in [0.3, 0.4) is 0 Å². The summed E-state index contributed by atoms with van der Waals surface area (Å²) >= 11 is 0. The number of hydrogen-bond acceptors (Lipinski definition) is 1. The Balaban J connectivity index is 2.07. The van der Waals surface area contributed by atoms with Gasteiger partial charge < -0.3 is 0 Å². The lowest BCUT2D eigenvalue weighted by Gasteiger charge is -2.41. The summed E-state index contributed by atoms with van der Waals surface area (Å²) in [5.41, 5.74) is 0. The van der Waals surface area contributed by atoms with Gasteiger partial charge in [-0.25, -0.2) is 0 Å². The van der Waals surface area contributed by atoms with E-state index >= 15 is 0 Å². The Morgan fingerprint density at radius 2 is 2.27 bits per heavy atom. The first-order chi connectivity index (χ1) is 5.38. The van der Waals surface area contributed by atoms with Crippen LogP contribution < -0.4 is 0 Å². The molecular formula is C10H17N. The van der Waals surface area contributed by atoms with Crippen molar-refractivity contribution in [3.63, 3.8) is 0 Å². The maximum Gasteiger partial charge on any atom is 0.0166 e. The molecule has 1 saturated heterocycles. The van der Waals surface area contributed by atoms with Crippen LogP contribution in [0.15, 0.2) is 12.2 Å². The van der Waals surface area contributed by atoms with Gasteiger partial charge >= 0.3 is 0 Å². The fourth-order valence-corrected chi connectivity index (χ4v) is 2.39. The second-order valence-corrected chi connectivity index (χ2v) is 3.89. The largest absolute Gasteiger partial charge is 0.296 e. The second-order valence-electron chi connectivity index (χ2n) is 3.89. The average molecular weight is 151 g/mol. The molecule has 1 heteroatoms. The Morgan fingerprint density at radius 1 is 1.36 bits per heavy atom. The van der Waals surface area contributed by atoms with Crippen LogP contribution in [-0.4, -0.2) is 24.0 Å². The number of nitrogens with zero attached hydrogens (tertiary/aromatic N) is 1. The predicted octanol–water partition coefficient (Wildman–Crippen LogP) is 2.05. The molecule has 2 heterocycles. The zero-order chi connectivity index (χ0) is 7.68. The maximum atomic E-state index is 2.63. The lowest BCUT2D eigenvalue weighted by molar-refractivity contribution is 0.109. The average Bonchev–Trinajstić information content (AvgIpc) is 2.06. The van der Waals surface area contributed by atoms with Gasteiger partial charge in [0.1, 0.15) is 0 Å². The Labute approximate surface area is 69.1 Å². The topological polar surface area (TPSA) is 3.24 Å².